The Kier molecular flexibility index (Phi) is 5.09. The van der Waals surface area contributed by atoms with Crippen LogP contribution in [0.5, 0.6) is 5.75 Å². The number of rotatable bonds is 7. The number of aromatic nitrogens is 4. The lowest BCUT2D eigenvalue weighted by Crippen LogP contribution is -2.25. The first-order valence-electron chi connectivity index (χ1n) is 8.13. The van der Waals surface area contributed by atoms with Crippen LogP contribution in [0.25, 0.3) is 11.0 Å². The molecule has 0 spiro atoms. The average Bonchev–Trinajstić information content (AvgIpc) is 3.03. The summed E-state index contributed by atoms with van der Waals surface area (Å²) in [6.07, 6.45) is 3.68. The van der Waals surface area contributed by atoms with Crippen LogP contribution in [0, 0.1) is 18.3 Å². The van der Waals surface area contributed by atoms with Gasteiger partial charge >= 0.3 is 0 Å². The predicted molar refractivity (Wildman–Crippen MR) is 95.5 cm³/mol. The molecule has 3 rings (SSSR count). The quantitative estimate of drug-likeness (QED) is 0.660. The van der Waals surface area contributed by atoms with Crippen molar-refractivity contribution >= 4 is 16.9 Å². The van der Waals surface area contributed by atoms with Gasteiger partial charge in [0.1, 0.15) is 24.5 Å². The second-order valence-corrected chi connectivity index (χ2v) is 5.80. The monoisotopic (exact) mass is 336 g/mol. The van der Waals surface area contributed by atoms with Crippen molar-refractivity contribution in [3.63, 3.8) is 0 Å². The molecular formula is C18H20N6O. The number of likely N-dealkylation sites (N-methyl/N-ethyl adjacent to an activating group) is 1. The number of hydrogen-bond donors (Lipinski definition) is 0. The third kappa shape index (κ3) is 3.86. The van der Waals surface area contributed by atoms with E-state index in [0.717, 1.165) is 22.6 Å². The van der Waals surface area contributed by atoms with E-state index in [2.05, 4.69) is 21.1 Å². The maximum atomic E-state index is 8.74. The SMILES string of the molecule is Cc1cccc(OCCN(C)c2ncnc3c2cnn3CCC#N)c1. The standard InChI is InChI=1S/C18H20N6O/c1-14-5-3-6-15(11-14)25-10-9-23(2)17-16-12-22-24(8-4-7-19)18(16)21-13-20-17/h3,5-6,11-13H,4,8-10H2,1-2H3. The molecule has 7 nitrogen and oxygen atoms in total. The maximum Gasteiger partial charge on any atom is 0.163 e. The number of hydrogen-bond acceptors (Lipinski definition) is 6. The number of aryl methyl sites for hydroxylation is 2. The van der Waals surface area contributed by atoms with Gasteiger partial charge in [0.15, 0.2) is 5.65 Å². The molecule has 0 fully saturated rings. The van der Waals surface area contributed by atoms with E-state index in [-0.39, 0.29) is 0 Å². The highest BCUT2D eigenvalue weighted by molar-refractivity contribution is 5.86. The lowest BCUT2D eigenvalue weighted by atomic mass is 10.2. The van der Waals surface area contributed by atoms with Crippen molar-refractivity contribution in [2.45, 2.75) is 19.9 Å². The molecule has 2 heterocycles. The topological polar surface area (TPSA) is 79.9 Å². The Morgan fingerprint density at radius 1 is 1.32 bits per heavy atom. The molecule has 25 heavy (non-hydrogen) atoms. The van der Waals surface area contributed by atoms with Gasteiger partial charge < -0.3 is 9.64 Å². The molecule has 0 aliphatic rings. The van der Waals surface area contributed by atoms with Crippen molar-refractivity contribution < 1.29 is 4.74 Å². The largest absolute Gasteiger partial charge is 0.492 e. The molecule has 2 aromatic heterocycles. The number of fused-ring (bicyclic) bond motifs is 1. The van der Waals surface area contributed by atoms with Crippen LogP contribution < -0.4 is 9.64 Å². The van der Waals surface area contributed by atoms with Gasteiger partial charge in [-0.3, -0.25) is 0 Å². The first kappa shape index (κ1) is 16.7. The van der Waals surface area contributed by atoms with Crippen molar-refractivity contribution in [2.24, 2.45) is 0 Å². The normalized spacial score (nSPS) is 10.6. The Balaban J connectivity index is 1.68. The van der Waals surface area contributed by atoms with Gasteiger partial charge in [0.05, 0.1) is 37.2 Å². The zero-order valence-corrected chi connectivity index (χ0v) is 14.4. The molecule has 0 unspecified atom stereocenters. The number of benzene rings is 1. The van der Waals surface area contributed by atoms with Crippen LogP contribution in [-0.2, 0) is 6.54 Å². The fourth-order valence-corrected chi connectivity index (χ4v) is 2.62. The molecule has 0 bridgehead atoms. The third-order valence-electron chi connectivity index (χ3n) is 3.89. The minimum atomic E-state index is 0.399. The van der Waals surface area contributed by atoms with E-state index in [1.165, 1.54) is 11.9 Å². The van der Waals surface area contributed by atoms with E-state index in [4.69, 9.17) is 10.00 Å². The summed E-state index contributed by atoms with van der Waals surface area (Å²) in [6, 6.07) is 10.1. The summed E-state index contributed by atoms with van der Waals surface area (Å²) in [5.74, 6) is 1.67. The van der Waals surface area contributed by atoms with Crippen LogP contribution in [0.2, 0.25) is 0 Å². The summed E-state index contributed by atoms with van der Waals surface area (Å²) in [5, 5.41) is 13.9. The number of nitrogens with zero attached hydrogens (tertiary/aromatic N) is 6. The van der Waals surface area contributed by atoms with E-state index in [0.29, 0.717) is 26.1 Å². The highest BCUT2D eigenvalue weighted by Crippen LogP contribution is 2.21. The highest BCUT2D eigenvalue weighted by atomic mass is 16.5. The van der Waals surface area contributed by atoms with Crippen molar-refractivity contribution in [2.75, 3.05) is 25.1 Å². The molecule has 128 valence electrons. The predicted octanol–water partition coefficient (Wildman–Crippen LogP) is 2.56. The van der Waals surface area contributed by atoms with Crippen LogP contribution in [0.4, 0.5) is 5.82 Å². The lowest BCUT2D eigenvalue weighted by Gasteiger charge is -2.19. The van der Waals surface area contributed by atoms with Crippen LogP contribution in [0.3, 0.4) is 0 Å². The van der Waals surface area contributed by atoms with E-state index >= 15 is 0 Å². The van der Waals surface area contributed by atoms with Crippen molar-refractivity contribution in [1.29, 1.82) is 5.26 Å². The molecule has 0 atom stereocenters. The number of nitriles is 1. The molecule has 0 saturated carbocycles. The minimum absolute atomic E-state index is 0.399. The van der Waals surface area contributed by atoms with Gasteiger partial charge in [0, 0.05) is 7.05 Å². The van der Waals surface area contributed by atoms with Gasteiger partial charge in [0.2, 0.25) is 0 Å². The molecule has 0 amide bonds. The van der Waals surface area contributed by atoms with E-state index in [1.54, 1.807) is 10.9 Å². The Morgan fingerprint density at radius 2 is 2.20 bits per heavy atom. The van der Waals surface area contributed by atoms with Gasteiger partial charge in [-0.05, 0) is 24.6 Å². The Hall–Kier alpha value is -3.14. The second-order valence-electron chi connectivity index (χ2n) is 5.80. The molecule has 0 aliphatic heterocycles. The number of anilines is 1. The van der Waals surface area contributed by atoms with E-state index in [9.17, 15) is 0 Å². The van der Waals surface area contributed by atoms with Gasteiger partial charge in [-0.15, -0.1) is 0 Å². The fourth-order valence-electron chi connectivity index (χ4n) is 2.62. The first-order valence-corrected chi connectivity index (χ1v) is 8.13. The molecule has 0 saturated heterocycles. The van der Waals surface area contributed by atoms with Gasteiger partial charge in [-0.2, -0.15) is 10.4 Å². The Morgan fingerprint density at radius 3 is 3.00 bits per heavy atom. The summed E-state index contributed by atoms with van der Waals surface area (Å²) in [5.41, 5.74) is 1.92. The summed E-state index contributed by atoms with van der Waals surface area (Å²) in [6.45, 7) is 3.80. The summed E-state index contributed by atoms with van der Waals surface area (Å²) >= 11 is 0. The minimum Gasteiger partial charge on any atom is -0.492 e. The highest BCUT2D eigenvalue weighted by Gasteiger charge is 2.13. The van der Waals surface area contributed by atoms with Gasteiger partial charge in [-0.25, -0.2) is 14.6 Å². The Labute approximate surface area is 146 Å². The number of ether oxygens (including phenoxy) is 1. The van der Waals surface area contributed by atoms with E-state index < -0.39 is 0 Å². The summed E-state index contributed by atoms with van der Waals surface area (Å²) in [4.78, 5) is 10.7. The van der Waals surface area contributed by atoms with Crippen LogP contribution in [0.1, 0.15) is 12.0 Å². The van der Waals surface area contributed by atoms with Crippen molar-refractivity contribution in [3.8, 4) is 11.8 Å². The van der Waals surface area contributed by atoms with Crippen LogP contribution >= 0.6 is 0 Å². The maximum absolute atomic E-state index is 8.74. The molecule has 3 aromatic rings. The van der Waals surface area contributed by atoms with Crippen LogP contribution in [-0.4, -0.2) is 39.9 Å². The summed E-state index contributed by atoms with van der Waals surface area (Å²) < 4.78 is 7.54. The van der Waals surface area contributed by atoms with Crippen molar-refractivity contribution in [1.82, 2.24) is 19.7 Å². The third-order valence-corrected chi connectivity index (χ3v) is 3.89. The smallest absolute Gasteiger partial charge is 0.163 e. The zero-order chi connectivity index (χ0) is 17.6. The van der Waals surface area contributed by atoms with Gasteiger partial charge in [0.25, 0.3) is 0 Å². The Bertz CT molecular complexity index is 898. The lowest BCUT2D eigenvalue weighted by molar-refractivity contribution is 0.325. The molecule has 7 heteroatoms. The molecule has 0 radical (unpaired) electrons. The second kappa shape index (κ2) is 7.62. The molecule has 1 aromatic carbocycles. The first-order chi connectivity index (χ1) is 12.2. The fraction of sp³-hybridized carbons (Fsp3) is 0.333. The van der Waals surface area contributed by atoms with Crippen molar-refractivity contribution in [3.05, 3.63) is 42.4 Å². The summed E-state index contributed by atoms with van der Waals surface area (Å²) in [7, 11) is 1.97. The van der Waals surface area contributed by atoms with Gasteiger partial charge in [-0.1, -0.05) is 12.1 Å². The molecular weight excluding hydrogens is 316 g/mol. The van der Waals surface area contributed by atoms with Crippen LogP contribution in [0.15, 0.2) is 36.8 Å². The zero-order valence-electron chi connectivity index (χ0n) is 14.4. The average molecular weight is 336 g/mol. The molecule has 0 N–H and O–H groups in total. The molecule has 0 aliphatic carbocycles. The van der Waals surface area contributed by atoms with E-state index in [1.807, 2.05) is 43.1 Å².